The van der Waals surface area contributed by atoms with Gasteiger partial charge >= 0.3 is 0 Å². The molecule has 0 aliphatic rings. The summed E-state index contributed by atoms with van der Waals surface area (Å²) in [6.45, 7) is 3.80. The number of aryl methyl sites for hydroxylation is 2. The number of amides is 1. The Morgan fingerprint density at radius 1 is 1.03 bits per heavy atom. The predicted molar refractivity (Wildman–Crippen MR) is 127 cm³/mol. The molecular formula is C24H25ClN2O4S. The molecule has 3 aromatic carbocycles. The van der Waals surface area contributed by atoms with E-state index in [1.807, 2.05) is 19.9 Å². The van der Waals surface area contributed by atoms with Crippen molar-refractivity contribution in [3.8, 4) is 5.75 Å². The zero-order chi connectivity index (χ0) is 23.5. The van der Waals surface area contributed by atoms with E-state index in [0.717, 1.165) is 11.1 Å². The van der Waals surface area contributed by atoms with E-state index in [1.165, 1.54) is 18.5 Å². The molecule has 0 unspecified atom stereocenters. The molecule has 8 heteroatoms. The normalized spacial score (nSPS) is 11.4. The number of methoxy groups -OCH3 is 1. The maximum absolute atomic E-state index is 13.0. The van der Waals surface area contributed by atoms with Gasteiger partial charge in [0.1, 0.15) is 5.75 Å². The smallest absolute Gasteiger partial charge is 0.255 e. The first-order valence-corrected chi connectivity index (χ1v) is 11.7. The van der Waals surface area contributed by atoms with Crippen LogP contribution in [0.3, 0.4) is 0 Å². The molecule has 0 radical (unpaired) electrons. The molecule has 0 aromatic heterocycles. The third-order valence-corrected chi connectivity index (χ3v) is 7.17. The lowest BCUT2D eigenvalue weighted by molar-refractivity contribution is 0.102. The lowest BCUT2D eigenvalue weighted by Crippen LogP contribution is -2.27. The van der Waals surface area contributed by atoms with Gasteiger partial charge in [0.05, 0.1) is 12.0 Å². The summed E-state index contributed by atoms with van der Waals surface area (Å²) in [7, 11) is -0.709. The average Bonchev–Trinajstić information content (AvgIpc) is 2.76. The number of carbonyl (C=O) groups excluding carboxylic acids is 1. The number of carbonyl (C=O) groups is 1. The van der Waals surface area contributed by atoms with Crippen LogP contribution in [0.25, 0.3) is 0 Å². The number of anilines is 1. The first-order chi connectivity index (χ1) is 15.1. The fourth-order valence-electron chi connectivity index (χ4n) is 3.18. The maximum Gasteiger partial charge on any atom is 0.255 e. The third-order valence-electron chi connectivity index (χ3n) is 5.11. The van der Waals surface area contributed by atoms with E-state index in [9.17, 15) is 13.2 Å². The van der Waals surface area contributed by atoms with Crippen LogP contribution in [0.1, 0.15) is 27.0 Å². The summed E-state index contributed by atoms with van der Waals surface area (Å²) in [6.07, 6.45) is 0. The lowest BCUT2D eigenvalue weighted by Gasteiger charge is -2.19. The molecule has 0 fully saturated rings. The maximum atomic E-state index is 13.0. The van der Waals surface area contributed by atoms with Gasteiger partial charge in [-0.1, -0.05) is 35.4 Å². The van der Waals surface area contributed by atoms with E-state index < -0.39 is 10.0 Å². The fraction of sp³-hybridized carbons (Fsp3) is 0.208. The molecule has 0 atom stereocenters. The third kappa shape index (κ3) is 5.30. The van der Waals surface area contributed by atoms with Crippen molar-refractivity contribution in [1.29, 1.82) is 0 Å². The number of benzene rings is 3. The SMILES string of the molecule is COc1ccc(C(=O)Nc2cc(Cl)ccc2C)cc1CN(C)S(=O)(=O)c1ccc(C)cc1. The van der Waals surface area contributed by atoms with Gasteiger partial charge in [-0.25, -0.2) is 8.42 Å². The predicted octanol–water partition coefficient (Wildman–Crippen LogP) is 5.04. The zero-order valence-electron chi connectivity index (χ0n) is 18.3. The Morgan fingerprint density at radius 2 is 1.72 bits per heavy atom. The zero-order valence-corrected chi connectivity index (χ0v) is 19.9. The summed E-state index contributed by atoms with van der Waals surface area (Å²) in [5.74, 6) is 0.162. The van der Waals surface area contributed by atoms with Crippen LogP contribution in [0.15, 0.2) is 65.6 Å². The molecule has 168 valence electrons. The first kappa shape index (κ1) is 23.8. The minimum atomic E-state index is -3.71. The first-order valence-electron chi connectivity index (χ1n) is 9.89. The Labute approximate surface area is 193 Å². The van der Waals surface area contributed by atoms with E-state index in [4.69, 9.17) is 16.3 Å². The summed E-state index contributed by atoms with van der Waals surface area (Å²) in [5, 5.41) is 3.37. The van der Waals surface area contributed by atoms with E-state index in [0.29, 0.717) is 27.6 Å². The Morgan fingerprint density at radius 3 is 2.38 bits per heavy atom. The van der Waals surface area contributed by atoms with Crippen LogP contribution >= 0.6 is 11.6 Å². The van der Waals surface area contributed by atoms with Crippen LogP contribution in [-0.2, 0) is 16.6 Å². The Kier molecular flexibility index (Phi) is 7.23. The summed E-state index contributed by atoms with van der Waals surface area (Å²) in [4.78, 5) is 13.0. The number of halogens is 1. The molecule has 3 rings (SSSR count). The highest BCUT2D eigenvalue weighted by molar-refractivity contribution is 7.89. The van der Waals surface area contributed by atoms with Gasteiger partial charge in [0, 0.05) is 35.4 Å². The van der Waals surface area contributed by atoms with Crippen molar-refractivity contribution in [3.05, 3.63) is 87.9 Å². The molecule has 0 aliphatic carbocycles. The van der Waals surface area contributed by atoms with Crippen LogP contribution in [0.2, 0.25) is 5.02 Å². The number of sulfonamides is 1. The van der Waals surface area contributed by atoms with E-state index >= 15 is 0 Å². The topological polar surface area (TPSA) is 75.7 Å². The van der Waals surface area contributed by atoms with Crippen molar-refractivity contribution in [2.45, 2.75) is 25.3 Å². The van der Waals surface area contributed by atoms with Crippen LogP contribution in [0.4, 0.5) is 5.69 Å². The van der Waals surface area contributed by atoms with Crippen molar-refractivity contribution in [2.75, 3.05) is 19.5 Å². The number of rotatable bonds is 7. The molecule has 0 spiro atoms. The number of nitrogens with zero attached hydrogens (tertiary/aromatic N) is 1. The van der Waals surface area contributed by atoms with Crippen LogP contribution in [-0.4, -0.2) is 32.8 Å². The summed E-state index contributed by atoms with van der Waals surface area (Å²) in [6, 6.07) is 16.8. The average molecular weight is 473 g/mol. The summed E-state index contributed by atoms with van der Waals surface area (Å²) >= 11 is 6.04. The fourth-order valence-corrected chi connectivity index (χ4v) is 4.50. The standard InChI is InChI=1S/C24H25ClN2O4S/c1-16-5-10-21(11-6-16)32(29,30)27(3)15-19-13-18(8-12-23(19)31-4)24(28)26-22-14-20(25)9-7-17(22)2/h5-14H,15H2,1-4H3,(H,26,28). The van der Waals surface area contributed by atoms with Gasteiger partial charge in [-0.2, -0.15) is 4.31 Å². The van der Waals surface area contributed by atoms with E-state index in [2.05, 4.69) is 5.32 Å². The number of nitrogens with one attached hydrogen (secondary N) is 1. The summed E-state index contributed by atoms with van der Waals surface area (Å²) in [5.41, 5.74) is 3.41. The molecular weight excluding hydrogens is 448 g/mol. The van der Waals surface area contributed by atoms with Crippen LogP contribution < -0.4 is 10.1 Å². The molecule has 32 heavy (non-hydrogen) atoms. The van der Waals surface area contributed by atoms with E-state index in [-0.39, 0.29) is 17.3 Å². The molecule has 1 amide bonds. The molecule has 0 saturated carbocycles. The van der Waals surface area contributed by atoms with Crippen molar-refractivity contribution < 1.29 is 17.9 Å². The molecule has 1 N–H and O–H groups in total. The highest BCUT2D eigenvalue weighted by atomic mass is 35.5. The van der Waals surface area contributed by atoms with Gasteiger partial charge in [0.2, 0.25) is 10.0 Å². The lowest BCUT2D eigenvalue weighted by atomic mass is 10.1. The summed E-state index contributed by atoms with van der Waals surface area (Å²) < 4.78 is 32.6. The Hall–Kier alpha value is -2.87. The molecule has 0 saturated heterocycles. The molecule has 6 nitrogen and oxygen atoms in total. The minimum Gasteiger partial charge on any atom is -0.496 e. The second-order valence-electron chi connectivity index (χ2n) is 7.51. The highest BCUT2D eigenvalue weighted by Gasteiger charge is 2.22. The highest BCUT2D eigenvalue weighted by Crippen LogP contribution is 2.26. The van der Waals surface area contributed by atoms with Crippen LogP contribution in [0, 0.1) is 13.8 Å². The largest absolute Gasteiger partial charge is 0.496 e. The number of hydrogen-bond acceptors (Lipinski definition) is 4. The number of ether oxygens (including phenoxy) is 1. The van der Waals surface area contributed by atoms with Gasteiger partial charge in [-0.15, -0.1) is 0 Å². The van der Waals surface area contributed by atoms with Crippen molar-refractivity contribution in [1.82, 2.24) is 4.31 Å². The minimum absolute atomic E-state index is 0.0384. The number of hydrogen-bond donors (Lipinski definition) is 1. The monoisotopic (exact) mass is 472 g/mol. The van der Waals surface area contributed by atoms with E-state index in [1.54, 1.807) is 54.6 Å². The van der Waals surface area contributed by atoms with Crippen molar-refractivity contribution in [2.24, 2.45) is 0 Å². The van der Waals surface area contributed by atoms with Gasteiger partial charge < -0.3 is 10.1 Å². The Bertz CT molecular complexity index is 1240. The quantitative estimate of drug-likeness (QED) is 0.522. The molecule has 0 heterocycles. The second-order valence-corrected chi connectivity index (χ2v) is 10.00. The van der Waals surface area contributed by atoms with Gasteiger partial charge in [0.25, 0.3) is 5.91 Å². The van der Waals surface area contributed by atoms with Crippen molar-refractivity contribution in [3.63, 3.8) is 0 Å². The Balaban J connectivity index is 1.86. The van der Waals surface area contributed by atoms with Gasteiger partial charge in [-0.3, -0.25) is 4.79 Å². The van der Waals surface area contributed by atoms with Gasteiger partial charge in [-0.05, 0) is 61.9 Å². The molecule has 3 aromatic rings. The van der Waals surface area contributed by atoms with Crippen molar-refractivity contribution >= 4 is 33.2 Å². The van der Waals surface area contributed by atoms with Gasteiger partial charge in [0.15, 0.2) is 0 Å². The van der Waals surface area contributed by atoms with Crippen LogP contribution in [0.5, 0.6) is 5.75 Å². The molecule has 0 aliphatic heterocycles. The second kappa shape index (κ2) is 9.73. The molecule has 0 bridgehead atoms.